The molecule has 1 amide bonds. The smallest absolute Gasteiger partial charge is 0.268 e. The fraction of sp³-hybridized carbons (Fsp3) is 0. The van der Waals surface area contributed by atoms with Gasteiger partial charge in [0, 0.05) is 0 Å². The summed E-state index contributed by atoms with van der Waals surface area (Å²) in [6, 6.07) is 4.20. The van der Waals surface area contributed by atoms with Gasteiger partial charge in [-0.2, -0.15) is 4.39 Å². The van der Waals surface area contributed by atoms with Gasteiger partial charge in [0.05, 0.1) is 11.7 Å². The molecule has 2 rings (SSSR count). The minimum atomic E-state index is -0.628. The van der Waals surface area contributed by atoms with Gasteiger partial charge in [0.25, 0.3) is 5.91 Å². The molecule has 0 unspecified atom stereocenters. The molecule has 0 aliphatic rings. The Balaban J connectivity index is 2.13. The Morgan fingerprint density at radius 3 is 3.00 bits per heavy atom. The topological polar surface area (TPSA) is 54.9 Å². The van der Waals surface area contributed by atoms with E-state index in [-0.39, 0.29) is 11.7 Å². The molecule has 0 aromatic carbocycles. The average molecular weight is 223 g/mol. The van der Waals surface area contributed by atoms with E-state index < -0.39 is 5.95 Å². The first-order valence-corrected chi connectivity index (χ1v) is 4.96. The molecule has 0 atom stereocenters. The lowest BCUT2D eigenvalue weighted by molar-refractivity contribution is 0.103. The second kappa shape index (κ2) is 4.14. The highest BCUT2D eigenvalue weighted by Crippen LogP contribution is 2.09. The highest BCUT2D eigenvalue weighted by atomic mass is 32.1. The SMILES string of the molecule is O=C(Nc1cccc(F)n1)c1cncs1. The fourth-order valence-corrected chi connectivity index (χ4v) is 1.50. The lowest BCUT2D eigenvalue weighted by atomic mass is 10.4. The largest absolute Gasteiger partial charge is 0.306 e. The van der Waals surface area contributed by atoms with Crippen molar-refractivity contribution in [2.45, 2.75) is 0 Å². The zero-order chi connectivity index (χ0) is 10.7. The van der Waals surface area contributed by atoms with Gasteiger partial charge >= 0.3 is 0 Å². The van der Waals surface area contributed by atoms with Crippen molar-refractivity contribution in [2.75, 3.05) is 5.32 Å². The quantitative estimate of drug-likeness (QED) is 0.791. The zero-order valence-corrected chi connectivity index (χ0v) is 8.29. The molecule has 0 fully saturated rings. The molecule has 0 aliphatic carbocycles. The first kappa shape index (κ1) is 9.72. The third-order valence-electron chi connectivity index (χ3n) is 1.61. The Morgan fingerprint density at radius 2 is 2.33 bits per heavy atom. The molecular formula is C9H6FN3OS. The summed E-state index contributed by atoms with van der Waals surface area (Å²) in [7, 11) is 0. The van der Waals surface area contributed by atoms with Gasteiger partial charge in [0.1, 0.15) is 10.7 Å². The molecule has 1 N–H and O–H groups in total. The lowest BCUT2D eigenvalue weighted by Gasteiger charge is -2.01. The number of carbonyl (C=O) groups is 1. The van der Waals surface area contributed by atoms with Crippen LogP contribution in [-0.2, 0) is 0 Å². The van der Waals surface area contributed by atoms with Crippen LogP contribution in [0.2, 0.25) is 0 Å². The average Bonchev–Trinajstić information content (AvgIpc) is 2.70. The predicted molar refractivity (Wildman–Crippen MR) is 54.3 cm³/mol. The number of thiazole rings is 1. The van der Waals surface area contributed by atoms with Crippen molar-refractivity contribution in [3.05, 3.63) is 40.7 Å². The summed E-state index contributed by atoms with van der Waals surface area (Å²) < 4.78 is 12.7. The Kier molecular flexibility index (Phi) is 2.68. The fourth-order valence-electron chi connectivity index (χ4n) is 0.984. The number of carbonyl (C=O) groups excluding carboxylic acids is 1. The van der Waals surface area contributed by atoms with Crippen LogP contribution in [0.25, 0.3) is 0 Å². The summed E-state index contributed by atoms with van der Waals surface area (Å²) in [5.74, 6) is -0.777. The van der Waals surface area contributed by atoms with Gasteiger partial charge in [0.2, 0.25) is 5.95 Å². The van der Waals surface area contributed by atoms with Gasteiger partial charge in [-0.15, -0.1) is 11.3 Å². The molecule has 6 heteroatoms. The van der Waals surface area contributed by atoms with Crippen molar-refractivity contribution >= 4 is 23.1 Å². The maximum absolute atomic E-state index is 12.7. The maximum atomic E-state index is 12.7. The van der Waals surface area contributed by atoms with E-state index in [4.69, 9.17) is 0 Å². The van der Waals surface area contributed by atoms with E-state index in [0.29, 0.717) is 4.88 Å². The number of hydrogen-bond acceptors (Lipinski definition) is 4. The van der Waals surface area contributed by atoms with Crippen molar-refractivity contribution in [3.8, 4) is 0 Å². The van der Waals surface area contributed by atoms with E-state index >= 15 is 0 Å². The van der Waals surface area contributed by atoms with Crippen molar-refractivity contribution in [3.63, 3.8) is 0 Å². The van der Waals surface area contributed by atoms with Gasteiger partial charge in [-0.3, -0.25) is 9.78 Å². The number of nitrogens with one attached hydrogen (secondary N) is 1. The van der Waals surface area contributed by atoms with Gasteiger partial charge in [-0.1, -0.05) is 6.07 Å². The molecule has 4 nitrogen and oxygen atoms in total. The van der Waals surface area contributed by atoms with Crippen molar-refractivity contribution in [1.82, 2.24) is 9.97 Å². The molecule has 2 aromatic rings. The summed E-state index contributed by atoms with van der Waals surface area (Å²) >= 11 is 1.21. The number of amides is 1. The first-order valence-electron chi connectivity index (χ1n) is 4.08. The molecule has 0 saturated heterocycles. The zero-order valence-electron chi connectivity index (χ0n) is 7.48. The van der Waals surface area contributed by atoms with Gasteiger partial charge in [0.15, 0.2) is 0 Å². The second-order valence-electron chi connectivity index (χ2n) is 2.67. The first-order chi connectivity index (χ1) is 7.25. The highest BCUT2D eigenvalue weighted by Gasteiger charge is 2.08. The number of hydrogen-bond donors (Lipinski definition) is 1. The second-order valence-corrected chi connectivity index (χ2v) is 3.55. The van der Waals surface area contributed by atoms with Crippen LogP contribution in [0.4, 0.5) is 10.2 Å². The normalized spacial score (nSPS) is 9.93. The number of halogens is 1. The Bertz CT molecular complexity index is 472. The van der Waals surface area contributed by atoms with Crippen molar-refractivity contribution in [1.29, 1.82) is 0 Å². The molecule has 0 saturated carbocycles. The molecule has 0 radical (unpaired) electrons. The standard InChI is InChI=1S/C9H6FN3OS/c10-7-2-1-3-8(12-7)13-9(14)6-4-11-5-15-6/h1-5H,(H,12,13,14). The summed E-state index contributed by atoms with van der Waals surface area (Å²) in [6.07, 6.45) is 1.44. The van der Waals surface area contributed by atoms with Crippen LogP contribution in [0.1, 0.15) is 9.67 Å². The Labute approximate surface area is 88.8 Å². The van der Waals surface area contributed by atoms with Gasteiger partial charge in [-0.25, -0.2) is 4.98 Å². The van der Waals surface area contributed by atoms with Crippen LogP contribution in [0.15, 0.2) is 29.9 Å². The highest BCUT2D eigenvalue weighted by molar-refractivity contribution is 7.11. The molecule has 0 spiro atoms. The number of aromatic nitrogens is 2. The molecule has 2 aromatic heterocycles. The molecule has 0 aliphatic heterocycles. The molecule has 76 valence electrons. The van der Waals surface area contributed by atoms with Crippen LogP contribution in [-0.4, -0.2) is 15.9 Å². The van der Waals surface area contributed by atoms with E-state index in [1.54, 1.807) is 5.51 Å². The number of nitrogens with zero attached hydrogens (tertiary/aromatic N) is 2. The summed E-state index contributed by atoms with van der Waals surface area (Å²) in [6.45, 7) is 0. The Morgan fingerprint density at radius 1 is 1.47 bits per heavy atom. The van der Waals surface area contributed by atoms with E-state index in [0.717, 1.165) is 0 Å². The number of pyridine rings is 1. The Hall–Kier alpha value is -1.82. The van der Waals surface area contributed by atoms with Crippen LogP contribution < -0.4 is 5.32 Å². The van der Waals surface area contributed by atoms with Crippen LogP contribution in [0.5, 0.6) is 0 Å². The van der Waals surface area contributed by atoms with Gasteiger partial charge < -0.3 is 5.32 Å². The van der Waals surface area contributed by atoms with E-state index in [9.17, 15) is 9.18 Å². The monoisotopic (exact) mass is 223 g/mol. The van der Waals surface area contributed by atoms with Crippen LogP contribution >= 0.6 is 11.3 Å². The predicted octanol–water partition coefficient (Wildman–Crippen LogP) is 1.93. The minimum Gasteiger partial charge on any atom is -0.306 e. The summed E-state index contributed by atoms with van der Waals surface area (Å²) in [4.78, 5) is 19.2. The number of rotatable bonds is 2. The van der Waals surface area contributed by atoms with E-state index in [1.165, 1.54) is 35.7 Å². The van der Waals surface area contributed by atoms with Crippen molar-refractivity contribution in [2.24, 2.45) is 0 Å². The molecule has 15 heavy (non-hydrogen) atoms. The van der Waals surface area contributed by atoms with Crippen LogP contribution in [0.3, 0.4) is 0 Å². The molecule has 2 heterocycles. The van der Waals surface area contributed by atoms with E-state index in [2.05, 4.69) is 15.3 Å². The maximum Gasteiger partial charge on any atom is 0.268 e. The summed E-state index contributed by atoms with van der Waals surface area (Å²) in [5, 5.41) is 2.47. The number of anilines is 1. The summed E-state index contributed by atoms with van der Waals surface area (Å²) in [5.41, 5.74) is 1.55. The third kappa shape index (κ3) is 2.35. The lowest BCUT2D eigenvalue weighted by Crippen LogP contribution is -2.11. The minimum absolute atomic E-state index is 0.188. The molecule has 0 bridgehead atoms. The van der Waals surface area contributed by atoms with E-state index in [1.807, 2.05) is 0 Å². The van der Waals surface area contributed by atoms with Gasteiger partial charge in [-0.05, 0) is 12.1 Å². The van der Waals surface area contributed by atoms with Crippen molar-refractivity contribution < 1.29 is 9.18 Å². The van der Waals surface area contributed by atoms with Crippen LogP contribution in [0, 0.1) is 5.95 Å². The molecular weight excluding hydrogens is 217 g/mol. The third-order valence-corrected chi connectivity index (χ3v) is 2.38.